The molecule has 0 aliphatic carbocycles. The molecule has 0 aromatic carbocycles. The van der Waals surface area contributed by atoms with Crippen LogP contribution in [0.5, 0.6) is 0 Å². The molecule has 10 nitrogen and oxygen atoms in total. The standard InChI is InChI=1S/C9H17N5O4.C6H7N/c1-14(4-7(12)16)8(17)3-13-9(18)5(10)2-6(11)15;1-6-3-2-4-7-5-6/h5H,2-4,10H2,1H3,(H2,11,15)(H2,12,16)(H,13,18);2-5H,1H3. The molecule has 1 atom stereocenters. The summed E-state index contributed by atoms with van der Waals surface area (Å²) < 4.78 is 0. The molecule has 1 aromatic heterocycles. The number of likely N-dealkylation sites (N-methyl/N-ethyl adjacent to an activating group) is 1. The molecule has 0 fully saturated rings. The number of nitrogens with two attached hydrogens (primary N) is 3. The number of carbonyl (C=O) groups excluding carboxylic acids is 4. The fraction of sp³-hybridized carbons (Fsp3) is 0.400. The van der Waals surface area contributed by atoms with Crippen molar-refractivity contribution in [2.75, 3.05) is 20.1 Å². The minimum Gasteiger partial charge on any atom is -0.370 e. The van der Waals surface area contributed by atoms with Gasteiger partial charge in [-0.2, -0.15) is 0 Å². The average Bonchev–Trinajstić information content (AvgIpc) is 2.52. The Hall–Kier alpha value is -3.01. The van der Waals surface area contributed by atoms with Crippen LogP contribution in [0.15, 0.2) is 24.5 Å². The van der Waals surface area contributed by atoms with Crippen molar-refractivity contribution in [3.05, 3.63) is 30.1 Å². The van der Waals surface area contributed by atoms with Crippen molar-refractivity contribution >= 4 is 23.6 Å². The molecule has 1 aromatic rings. The van der Waals surface area contributed by atoms with E-state index in [1.807, 2.05) is 25.3 Å². The minimum absolute atomic E-state index is 0.248. The molecule has 0 bridgehead atoms. The topological polar surface area (TPSA) is 174 Å². The van der Waals surface area contributed by atoms with Gasteiger partial charge in [-0.05, 0) is 18.6 Å². The minimum atomic E-state index is -1.10. The van der Waals surface area contributed by atoms with Gasteiger partial charge in [-0.25, -0.2) is 0 Å². The second-order valence-electron chi connectivity index (χ2n) is 5.24. The van der Waals surface area contributed by atoms with Crippen molar-refractivity contribution in [1.82, 2.24) is 15.2 Å². The van der Waals surface area contributed by atoms with Crippen LogP contribution in [0, 0.1) is 6.92 Å². The molecule has 1 unspecified atom stereocenters. The van der Waals surface area contributed by atoms with E-state index in [2.05, 4.69) is 10.3 Å². The zero-order chi connectivity index (χ0) is 19.4. The molecular weight excluding hydrogens is 328 g/mol. The summed E-state index contributed by atoms with van der Waals surface area (Å²) in [4.78, 5) is 48.7. The summed E-state index contributed by atoms with van der Waals surface area (Å²) in [5.41, 5.74) is 16.3. The lowest BCUT2D eigenvalue weighted by Gasteiger charge is -2.16. The van der Waals surface area contributed by atoms with Gasteiger partial charge in [-0.3, -0.25) is 24.2 Å². The van der Waals surface area contributed by atoms with Gasteiger partial charge < -0.3 is 27.4 Å². The highest BCUT2D eigenvalue weighted by Crippen LogP contribution is 1.89. The Morgan fingerprint density at radius 2 is 1.88 bits per heavy atom. The first-order valence-corrected chi connectivity index (χ1v) is 7.34. The third-order valence-electron chi connectivity index (χ3n) is 2.80. The maximum absolute atomic E-state index is 11.4. The Bertz CT molecular complexity index is 559. The summed E-state index contributed by atoms with van der Waals surface area (Å²) in [5.74, 6) is -2.56. The van der Waals surface area contributed by atoms with Crippen LogP contribution < -0.4 is 22.5 Å². The number of aryl methyl sites for hydroxylation is 1. The monoisotopic (exact) mass is 352 g/mol. The van der Waals surface area contributed by atoms with Gasteiger partial charge in [0, 0.05) is 19.4 Å². The predicted molar refractivity (Wildman–Crippen MR) is 90.6 cm³/mol. The number of carbonyl (C=O) groups is 4. The van der Waals surface area contributed by atoms with Crippen molar-refractivity contribution in [3.63, 3.8) is 0 Å². The highest BCUT2D eigenvalue weighted by Gasteiger charge is 2.18. The Kier molecular flexibility index (Phi) is 10.1. The molecule has 0 saturated carbocycles. The van der Waals surface area contributed by atoms with Gasteiger partial charge in [0.05, 0.1) is 25.6 Å². The Morgan fingerprint density at radius 1 is 1.24 bits per heavy atom. The second-order valence-corrected chi connectivity index (χ2v) is 5.24. The number of aromatic nitrogens is 1. The third-order valence-corrected chi connectivity index (χ3v) is 2.80. The fourth-order valence-electron chi connectivity index (χ4n) is 1.51. The third kappa shape index (κ3) is 11.2. The lowest BCUT2D eigenvalue weighted by atomic mass is 10.2. The lowest BCUT2D eigenvalue weighted by Crippen LogP contribution is -2.47. The highest BCUT2D eigenvalue weighted by atomic mass is 16.2. The SMILES string of the molecule is CN(CC(N)=O)C(=O)CNC(=O)C(N)CC(N)=O.Cc1cccnc1. The molecule has 0 radical (unpaired) electrons. The molecular formula is C15H24N6O4. The summed E-state index contributed by atoms with van der Waals surface area (Å²) in [7, 11) is 1.36. The van der Waals surface area contributed by atoms with Crippen molar-refractivity contribution in [2.45, 2.75) is 19.4 Å². The summed E-state index contributed by atoms with van der Waals surface area (Å²) >= 11 is 0. The van der Waals surface area contributed by atoms with E-state index in [4.69, 9.17) is 17.2 Å². The van der Waals surface area contributed by atoms with Gasteiger partial charge in [0.25, 0.3) is 0 Å². The van der Waals surface area contributed by atoms with Crippen LogP contribution in [-0.4, -0.2) is 59.7 Å². The second kappa shape index (κ2) is 11.5. The summed E-state index contributed by atoms with van der Waals surface area (Å²) in [6.07, 6.45) is 3.30. The summed E-state index contributed by atoms with van der Waals surface area (Å²) in [6, 6.07) is 2.85. The maximum Gasteiger partial charge on any atom is 0.242 e. The highest BCUT2D eigenvalue weighted by molar-refractivity contribution is 5.91. The van der Waals surface area contributed by atoms with E-state index in [9.17, 15) is 19.2 Å². The van der Waals surface area contributed by atoms with Crippen molar-refractivity contribution < 1.29 is 19.2 Å². The van der Waals surface area contributed by atoms with Crippen LogP contribution >= 0.6 is 0 Å². The van der Waals surface area contributed by atoms with Crippen LogP contribution in [0.4, 0.5) is 0 Å². The first kappa shape index (κ1) is 22.0. The number of pyridine rings is 1. The predicted octanol–water partition coefficient (Wildman–Crippen LogP) is -2.36. The molecule has 25 heavy (non-hydrogen) atoms. The van der Waals surface area contributed by atoms with E-state index >= 15 is 0 Å². The van der Waals surface area contributed by atoms with Crippen LogP contribution in [0.1, 0.15) is 12.0 Å². The van der Waals surface area contributed by atoms with Crippen molar-refractivity contribution in [2.24, 2.45) is 17.2 Å². The van der Waals surface area contributed by atoms with Crippen molar-refractivity contribution in [1.29, 1.82) is 0 Å². The van der Waals surface area contributed by atoms with E-state index < -0.39 is 29.7 Å². The normalized spacial score (nSPS) is 10.7. The molecule has 0 saturated heterocycles. The van der Waals surface area contributed by atoms with Crippen LogP contribution in [0.2, 0.25) is 0 Å². The van der Waals surface area contributed by atoms with E-state index in [-0.39, 0.29) is 19.5 Å². The molecule has 7 N–H and O–H groups in total. The lowest BCUT2D eigenvalue weighted by molar-refractivity contribution is -0.134. The van der Waals surface area contributed by atoms with Gasteiger partial charge >= 0.3 is 0 Å². The molecule has 1 rings (SSSR count). The van der Waals surface area contributed by atoms with Gasteiger partial charge in [0.15, 0.2) is 0 Å². The number of hydrogen-bond acceptors (Lipinski definition) is 6. The van der Waals surface area contributed by atoms with E-state index in [1.54, 1.807) is 6.20 Å². The average molecular weight is 352 g/mol. The molecule has 1 heterocycles. The summed E-state index contributed by atoms with van der Waals surface area (Å²) in [6.45, 7) is 1.43. The molecule has 138 valence electrons. The number of nitrogens with zero attached hydrogens (tertiary/aromatic N) is 2. The maximum atomic E-state index is 11.4. The van der Waals surface area contributed by atoms with E-state index in [0.717, 1.165) is 4.90 Å². The number of hydrogen-bond donors (Lipinski definition) is 4. The number of nitrogens with one attached hydrogen (secondary N) is 1. The Labute approximate surface area is 145 Å². The number of rotatable bonds is 7. The quantitative estimate of drug-likeness (QED) is 0.427. The van der Waals surface area contributed by atoms with E-state index in [1.165, 1.54) is 12.6 Å². The van der Waals surface area contributed by atoms with Gasteiger partial charge in [0.1, 0.15) is 0 Å². The molecule has 0 aliphatic heterocycles. The fourth-order valence-corrected chi connectivity index (χ4v) is 1.51. The zero-order valence-corrected chi connectivity index (χ0v) is 14.3. The molecule has 10 heteroatoms. The molecule has 0 aliphatic rings. The first-order chi connectivity index (χ1) is 11.6. The first-order valence-electron chi connectivity index (χ1n) is 7.34. The number of amides is 4. The van der Waals surface area contributed by atoms with Gasteiger partial charge in [0.2, 0.25) is 23.6 Å². The van der Waals surface area contributed by atoms with E-state index in [0.29, 0.717) is 0 Å². The van der Waals surface area contributed by atoms with Gasteiger partial charge in [-0.15, -0.1) is 0 Å². The van der Waals surface area contributed by atoms with Crippen LogP contribution in [-0.2, 0) is 19.2 Å². The van der Waals surface area contributed by atoms with Gasteiger partial charge in [-0.1, -0.05) is 6.07 Å². The summed E-state index contributed by atoms with van der Waals surface area (Å²) in [5, 5.41) is 2.23. The largest absolute Gasteiger partial charge is 0.370 e. The molecule has 0 spiro atoms. The molecule has 4 amide bonds. The van der Waals surface area contributed by atoms with Crippen LogP contribution in [0.3, 0.4) is 0 Å². The zero-order valence-electron chi connectivity index (χ0n) is 14.3. The Morgan fingerprint density at radius 3 is 2.28 bits per heavy atom. The smallest absolute Gasteiger partial charge is 0.242 e. The Balaban J connectivity index is 0.000000676. The number of primary amides is 2. The van der Waals surface area contributed by atoms with Crippen LogP contribution in [0.25, 0.3) is 0 Å². The van der Waals surface area contributed by atoms with Crippen molar-refractivity contribution in [3.8, 4) is 0 Å².